The first kappa shape index (κ1) is 28.2. The molecule has 1 saturated heterocycles. The third-order valence-corrected chi connectivity index (χ3v) is 5.38. The molecule has 3 rings (SSSR count). The van der Waals surface area contributed by atoms with Gasteiger partial charge in [-0.05, 0) is 47.0 Å². The maximum Gasteiger partial charge on any atom is 0.422 e. The third kappa shape index (κ3) is 7.20. The molecule has 0 bridgehead atoms. The van der Waals surface area contributed by atoms with Gasteiger partial charge in [0.05, 0.1) is 11.2 Å². The molecule has 1 aliphatic rings. The zero-order valence-electron chi connectivity index (χ0n) is 18.8. The molecule has 33 heavy (non-hydrogen) atoms. The van der Waals surface area contributed by atoms with Gasteiger partial charge in [-0.2, -0.15) is 8.42 Å². The van der Waals surface area contributed by atoms with Gasteiger partial charge in [0.2, 0.25) is 0 Å². The smallest absolute Gasteiger partial charge is 0.422 e. The molecule has 2 aromatic heterocycles. The van der Waals surface area contributed by atoms with Crippen molar-refractivity contribution in [2.75, 3.05) is 6.54 Å². The van der Waals surface area contributed by atoms with Crippen molar-refractivity contribution in [3.8, 4) is 0 Å². The fourth-order valence-corrected chi connectivity index (χ4v) is 3.72. The van der Waals surface area contributed by atoms with E-state index in [9.17, 15) is 13.2 Å². The van der Waals surface area contributed by atoms with Gasteiger partial charge in [0.1, 0.15) is 17.1 Å². The van der Waals surface area contributed by atoms with E-state index >= 15 is 0 Å². The Hall–Kier alpha value is -1.09. The Balaban J connectivity index is 0.00000385. The van der Waals surface area contributed by atoms with E-state index in [1.54, 1.807) is 45.7 Å². The molecule has 2 aromatic rings. The van der Waals surface area contributed by atoms with Crippen LogP contribution >= 0.6 is 11.6 Å². The van der Waals surface area contributed by atoms with Gasteiger partial charge in [0, 0.05) is 38.8 Å². The van der Waals surface area contributed by atoms with Gasteiger partial charge in [0.15, 0.2) is 5.79 Å². The van der Waals surface area contributed by atoms with Crippen molar-refractivity contribution in [1.82, 2.24) is 23.8 Å². The minimum Gasteiger partial charge on any atom is -0.451 e. The molecule has 1 fully saturated rings. The average molecular weight is 578 g/mol. The predicted octanol–water partition coefficient (Wildman–Crippen LogP) is 1.65. The Bertz CT molecular complexity index is 1110. The molecular weight excluding hydrogens is 553 g/mol. The maximum absolute atomic E-state index is 12.4. The van der Waals surface area contributed by atoms with Gasteiger partial charge in [0.25, 0.3) is 0 Å². The standard InChI is InChI=1S/C18H25ClN6O6S.Y/c1-17(2,3)31-16(26)25(32(20,27)28)7-6-11-12(30-18(4,5)29-11)8-24-10-23-13-14(19)21-9-22-15(13)24;/h6,8-12H,7H2,1-5H3,(H2,20,27,28);/q-2;/t11-,12+;/m1./s1. The number of fused-ring (bicyclic) bond motifs is 1. The number of carbonyl (C=O) groups excluding carboxylic acids is 1. The summed E-state index contributed by atoms with van der Waals surface area (Å²) in [6, 6.07) is 0. The van der Waals surface area contributed by atoms with Crippen LogP contribution < -0.4 is 5.14 Å². The van der Waals surface area contributed by atoms with Crippen molar-refractivity contribution in [2.45, 2.75) is 58.2 Å². The molecular formula is C18H25ClN6O6SY-2. The van der Waals surface area contributed by atoms with Crippen LogP contribution in [-0.2, 0) is 57.1 Å². The summed E-state index contributed by atoms with van der Waals surface area (Å²) in [6.07, 6.45) is 1.77. The fourth-order valence-electron chi connectivity index (χ4n) is 3.00. The van der Waals surface area contributed by atoms with Crippen molar-refractivity contribution in [3.05, 3.63) is 30.8 Å². The quantitative estimate of drug-likeness (QED) is 0.399. The van der Waals surface area contributed by atoms with Gasteiger partial charge < -0.3 is 23.8 Å². The summed E-state index contributed by atoms with van der Waals surface area (Å²) >= 11 is 6.04. The molecule has 0 unspecified atom stereocenters. The molecule has 15 heteroatoms. The topological polar surface area (TPSA) is 152 Å². The molecule has 181 valence electrons. The van der Waals surface area contributed by atoms with Crippen LogP contribution in [-0.4, -0.2) is 68.5 Å². The normalized spacial score (nSPS) is 20.3. The number of rotatable bonds is 6. The SMILES string of the molecule is CC(C)(C)OC(=O)N(C[CH-][C@H]1OC(C)(C)O[C@H]1[CH-]n1cnc2c(Cl)ncnc21)S(N)(=O)=O.[Y]. The number of imidazole rings is 1. The van der Waals surface area contributed by atoms with Crippen LogP contribution in [0.5, 0.6) is 0 Å². The summed E-state index contributed by atoms with van der Waals surface area (Å²) in [5.74, 6) is -0.982. The Labute approximate surface area is 222 Å². The first-order valence-corrected chi connectivity index (χ1v) is 11.4. The molecule has 2 atom stereocenters. The Morgan fingerprint density at radius 1 is 1.30 bits per heavy atom. The predicted molar refractivity (Wildman–Crippen MR) is 114 cm³/mol. The molecule has 1 aliphatic heterocycles. The maximum atomic E-state index is 12.4. The van der Waals surface area contributed by atoms with Crippen molar-refractivity contribution in [1.29, 1.82) is 0 Å². The van der Waals surface area contributed by atoms with Crippen molar-refractivity contribution in [2.24, 2.45) is 5.14 Å². The molecule has 3 heterocycles. The Morgan fingerprint density at radius 3 is 2.55 bits per heavy atom. The molecule has 0 saturated carbocycles. The monoisotopic (exact) mass is 577 g/mol. The van der Waals surface area contributed by atoms with E-state index < -0.39 is 39.9 Å². The summed E-state index contributed by atoms with van der Waals surface area (Å²) in [6.45, 7) is 9.52. The Morgan fingerprint density at radius 2 is 1.94 bits per heavy atom. The number of hydrogen-bond acceptors (Lipinski definition) is 9. The fraction of sp³-hybridized carbons (Fsp3) is 0.556. The van der Waals surface area contributed by atoms with Crippen molar-refractivity contribution in [3.63, 3.8) is 0 Å². The second-order valence-electron chi connectivity index (χ2n) is 8.49. The summed E-state index contributed by atoms with van der Waals surface area (Å²) in [7, 11) is -4.38. The second kappa shape index (κ2) is 10.3. The van der Waals surface area contributed by atoms with Crippen LogP contribution in [0.4, 0.5) is 4.79 Å². The number of hydrogen-bond donors (Lipinski definition) is 1. The summed E-state index contributed by atoms with van der Waals surface area (Å²) in [5, 5.41) is 5.42. The van der Waals surface area contributed by atoms with E-state index in [2.05, 4.69) is 15.0 Å². The number of nitrogens with zero attached hydrogens (tertiary/aromatic N) is 5. The molecule has 12 nitrogen and oxygen atoms in total. The first-order valence-electron chi connectivity index (χ1n) is 9.57. The number of nitrogens with two attached hydrogens (primary N) is 1. The summed E-state index contributed by atoms with van der Waals surface area (Å²) < 4.78 is 42.9. The number of halogens is 1. The van der Waals surface area contributed by atoms with E-state index in [-0.39, 0.29) is 44.4 Å². The number of carbonyl (C=O) groups is 1. The summed E-state index contributed by atoms with van der Waals surface area (Å²) in [5.41, 5.74) is -0.0388. The van der Waals surface area contributed by atoms with Gasteiger partial charge in [-0.15, -0.1) is 0 Å². The second-order valence-corrected chi connectivity index (χ2v) is 10.3. The van der Waals surface area contributed by atoms with Crippen LogP contribution in [0.1, 0.15) is 34.6 Å². The van der Waals surface area contributed by atoms with E-state index in [4.69, 9.17) is 31.0 Å². The van der Waals surface area contributed by atoms with Gasteiger partial charge in [-0.25, -0.2) is 19.2 Å². The zero-order valence-corrected chi connectivity index (χ0v) is 23.2. The number of ether oxygens (including phenoxy) is 3. The van der Waals surface area contributed by atoms with E-state index in [1.807, 2.05) is 0 Å². The van der Waals surface area contributed by atoms with Gasteiger partial charge in [-0.3, -0.25) is 11.4 Å². The zero-order chi connectivity index (χ0) is 23.9. The molecule has 0 spiro atoms. The number of amides is 1. The van der Waals surface area contributed by atoms with Crippen molar-refractivity contribution < 1.29 is 60.1 Å². The van der Waals surface area contributed by atoms with Crippen LogP contribution in [0.15, 0.2) is 12.7 Å². The van der Waals surface area contributed by atoms with Crippen molar-refractivity contribution >= 4 is 39.1 Å². The molecule has 1 radical (unpaired) electrons. The first-order chi connectivity index (χ1) is 14.7. The Kier molecular flexibility index (Phi) is 8.76. The van der Waals surface area contributed by atoms with Crippen LogP contribution in [0.3, 0.4) is 0 Å². The van der Waals surface area contributed by atoms with Crippen LogP contribution in [0.2, 0.25) is 5.15 Å². The van der Waals surface area contributed by atoms with Gasteiger partial charge >= 0.3 is 16.3 Å². The minimum atomic E-state index is -4.38. The minimum absolute atomic E-state index is 0. The van der Waals surface area contributed by atoms with E-state index in [0.29, 0.717) is 15.5 Å². The molecule has 1 amide bonds. The molecule has 0 aromatic carbocycles. The van der Waals surface area contributed by atoms with E-state index in [1.165, 1.54) is 19.1 Å². The average Bonchev–Trinajstić information content (AvgIpc) is 3.14. The number of aromatic nitrogens is 4. The van der Waals surface area contributed by atoms with Crippen LogP contribution in [0, 0.1) is 13.0 Å². The van der Waals surface area contributed by atoms with Crippen LogP contribution in [0.25, 0.3) is 11.2 Å². The molecule has 2 N–H and O–H groups in total. The summed E-state index contributed by atoms with van der Waals surface area (Å²) in [4.78, 5) is 24.6. The van der Waals surface area contributed by atoms with E-state index in [0.717, 1.165) is 0 Å². The third-order valence-electron chi connectivity index (χ3n) is 4.19. The van der Waals surface area contributed by atoms with Gasteiger partial charge in [-0.1, -0.05) is 24.7 Å². The largest absolute Gasteiger partial charge is 0.451 e. The molecule has 0 aliphatic carbocycles.